The van der Waals surface area contributed by atoms with Crippen molar-refractivity contribution < 1.29 is 18.7 Å². The largest absolute Gasteiger partial charge is 0.393 e. The van der Waals surface area contributed by atoms with Gasteiger partial charge < -0.3 is 10.4 Å². The summed E-state index contributed by atoms with van der Waals surface area (Å²) in [4.78, 5) is 21.6. The predicted octanol–water partition coefficient (Wildman–Crippen LogP) is 4.06. The second-order valence-electron chi connectivity index (χ2n) is 9.69. The molecule has 3 aromatic rings. The Morgan fingerprint density at radius 1 is 1.20 bits per heavy atom. The van der Waals surface area contributed by atoms with Crippen LogP contribution in [0.2, 0.25) is 0 Å². The summed E-state index contributed by atoms with van der Waals surface area (Å²) >= 11 is 0. The molecule has 7 nitrogen and oxygen atoms in total. The van der Waals surface area contributed by atoms with Crippen LogP contribution in [-0.4, -0.2) is 43.3 Å². The van der Waals surface area contributed by atoms with E-state index in [-0.39, 0.29) is 40.9 Å². The van der Waals surface area contributed by atoms with Gasteiger partial charge in [-0.2, -0.15) is 5.10 Å². The molecule has 182 valence electrons. The molecule has 1 saturated carbocycles. The van der Waals surface area contributed by atoms with Gasteiger partial charge in [-0.3, -0.25) is 9.78 Å². The van der Waals surface area contributed by atoms with Crippen LogP contribution in [0.15, 0.2) is 36.7 Å². The van der Waals surface area contributed by atoms with Gasteiger partial charge in [-0.15, -0.1) is 5.10 Å². The van der Waals surface area contributed by atoms with Gasteiger partial charge in [-0.25, -0.2) is 13.8 Å². The quantitative estimate of drug-likeness (QED) is 0.573. The molecular weight excluding hydrogens is 452 g/mol. The molecule has 2 atom stereocenters. The van der Waals surface area contributed by atoms with Crippen molar-refractivity contribution >= 4 is 5.91 Å². The number of hydrogen-bond acceptors (Lipinski definition) is 6. The maximum atomic E-state index is 14.4. The average Bonchev–Trinajstić information content (AvgIpc) is 2.83. The van der Waals surface area contributed by atoms with Crippen LogP contribution >= 0.6 is 0 Å². The zero-order chi connectivity index (χ0) is 24.7. The third-order valence-electron chi connectivity index (χ3n) is 7.37. The number of nitrogens with zero attached hydrogens (tertiary/aromatic N) is 4. The molecule has 2 N–H and O–H groups in total. The van der Waals surface area contributed by atoms with Gasteiger partial charge in [0, 0.05) is 12.2 Å². The van der Waals surface area contributed by atoms with Gasteiger partial charge in [0.25, 0.3) is 5.91 Å². The molecule has 1 fully saturated rings. The number of carbonyl (C=O) groups is 1. The zero-order valence-electron chi connectivity index (χ0n) is 19.6. The summed E-state index contributed by atoms with van der Waals surface area (Å²) in [6.07, 6.45) is 6.12. The Bertz CT molecular complexity index is 1260. The molecule has 5 rings (SSSR count). The fraction of sp³-hybridized carbons (Fsp3) is 0.423. The molecule has 2 aliphatic carbocycles. The van der Waals surface area contributed by atoms with E-state index in [0.717, 1.165) is 24.8 Å². The third-order valence-corrected chi connectivity index (χ3v) is 7.37. The van der Waals surface area contributed by atoms with E-state index in [1.807, 2.05) is 6.92 Å². The van der Waals surface area contributed by atoms with Gasteiger partial charge in [-0.05, 0) is 68.7 Å². The van der Waals surface area contributed by atoms with Gasteiger partial charge in [-0.1, -0.05) is 13.0 Å². The van der Waals surface area contributed by atoms with E-state index in [9.17, 15) is 18.7 Å². The summed E-state index contributed by atoms with van der Waals surface area (Å²) in [6.45, 7) is 4.06. The summed E-state index contributed by atoms with van der Waals surface area (Å²) < 4.78 is 28.9. The Labute approximate surface area is 202 Å². The van der Waals surface area contributed by atoms with Gasteiger partial charge >= 0.3 is 0 Å². The van der Waals surface area contributed by atoms with Crippen LogP contribution in [0.3, 0.4) is 0 Å². The molecule has 9 heteroatoms. The number of hydrogen-bond donors (Lipinski definition) is 2. The molecular formula is C26H27F2N5O2. The highest BCUT2D eigenvalue weighted by molar-refractivity contribution is 5.92. The van der Waals surface area contributed by atoms with E-state index < -0.39 is 17.0 Å². The number of nitrogens with one attached hydrogen (secondary N) is 1. The van der Waals surface area contributed by atoms with E-state index in [1.54, 1.807) is 12.3 Å². The summed E-state index contributed by atoms with van der Waals surface area (Å²) in [5.74, 6) is -1.55. The van der Waals surface area contributed by atoms with Crippen molar-refractivity contribution in [2.24, 2.45) is 0 Å². The van der Waals surface area contributed by atoms with Crippen molar-refractivity contribution in [2.45, 2.75) is 69.4 Å². The number of aromatic nitrogens is 4. The first-order valence-electron chi connectivity index (χ1n) is 11.9. The van der Waals surface area contributed by atoms with Crippen molar-refractivity contribution in [3.8, 4) is 11.3 Å². The van der Waals surface area contributed by atoms with Crippen LogP contribution in [0, 0.1) is 11.6 Å². The van der Waals surface area contributed by atoms with Crippen molar-refractivity contribution in [2.75, 3.05) is 0 Å². The molecule has 0 bridgehead atoms. The molecule has 1 aromatic carbocycles. The Balaban J connectivity index is 1.53. The average molecular weight is 480 g/mol. The van der Waals surface area contributed by atoms with Crippen LogP contribution in [0.5, 0.6) is 0 Å². The van der Waals surface area contributed by atoms with Gasteiger partial charge in [0.2, 0.25) is 0 Å². The molecule has 2 heterocycles. The minimum Gasteiger partial charge on any atom is -0.393 e. The van der Waals surface area contributed by atoms with E-state index >= 15 is 0 Å². The Morgan fingerprint density at radius 3 is 2.63 bits per heavy atom. The second-order valence-corrected chi connectivity index (χ2v) is 9.69. The number of rotatable bonds is 5. The summed E-state index contributed by atoms with van der Waals surface area (Å²) in [5.41, 5.74) is 1.65. The highest BCUT2D eigenvalue weighted by Crippen LogP contribution is 2.46. The molecule has 0 aliphatic heterocycles. The Morgan fingerprint density at radius 2 is 1.94 bits per heavy atom. The molecule has 0 unspecified atom stereocenters. The van der Waals surface area contributed by atoms with Crippen LogP contribution in [0.1, 0.15) is 79.3 Å². The van der Waals surface area contributed by atoms with Crippen molar-refractivity contribution in [3.05, 3.63) is 70.9 Å². The lowest BCUT2D eigenvalue weighted by molar-refractivity contribution is 0.0560. The zero-order valence-corrected chi connectivity index (χ0v) is 19.6. The van der Waals surface area contributed by atoms with Gasteiger partial charge in [0.1, 0.15) is 17.3 Å². The van der Waals surface area contributed by atoms with Crippen LogP contribution in [0.4, 0.5) is 8.78 Å². The molecule has 0 radical (unpaired) electrons. The summed E-state index contributed by atoms with van der Waals surface area (Å²) in [6, 6.07) is 5.40. The second kappa shape index (κ2) is 9.03. The van der Waals surface area contributed by atoms with Gasteiger partial charge in [0.05, 0.1) is 40.4 Å². The monoisotopic (exact) mass is 479 g/mol. The van der Waals surface area contributed by atoms with E-state index in [4.69, 9.17) is 0 Å². The fourth-order valence-electron chi connectivity index (χ4n) is 5.13. The highest BCUT2D eigenvalue weighted by Gasteiger charge is 2.41. The maximum Gasteiger partial charge on any atom is 0.271 e. The number of halogens is 2. The van der Waals surface area contributed by atoms with E-state index in [0.29, 0.717) is 24.2 Å². The summed E-state index contributed by atoms with van der Waals surface area (Å²) in [7, 11) is 0. The number of benzene rings is 1. The number of carbonyl (C=O) groups excluding carboxylic acids is 1. The van der Waals surface area contributed by atoms with E-state index in [2.05, 4.69) is 32.4 Å². The third kappa shape index (κ3) is 4.18. The predicted molar refractivity (Wildman–Crippen MR) is 125 cm³/mol. The lowest BCUT2D eigenvalue weighted by Gasteiger charge is -2.37. The number of fused-ring (bicyclic) bond motifs is 1. The van der Waals surface area contributed by atoms with E-state index in [1.165, 1.54) is 24.4 Å². The molecule has 0 spiro atoms. The molecule has 1 amide bonds. The van der Waals surface area contributed by atoms with Crippen molar-refractivity contribution in [3.63, 3.8) is 0 Å². The van der Waals surface area contributed by atoms with Crippen LogP contribution < -0.4 is 5.32 Å². The SMILES string of the molecule is CC[C@H]1CC[C@](C)(c2cncc(C(=O)NC3CC(O)C3)n2)c2nnc(-c3c(F)cccc3F)cc21. The Hall–Kier alpha value is -3.33. The summed E-state index contributed by atoms with van der Waals surface area (Å²) in [5, 5.41) is 21.0. The van der Waals surface area contributed by atoms with Crippen LogP contribution in [0.25, 0.3) is 11.3 Å². The highest BCUT2D eigenvalue weighted by atomic mass is 19.1. The first kappa shape index (κ1) is 23.4. The Kier molecular flexibility index (Phi) is 6.04. The number of aliphatic hydroxyl groups is 1. The number of aliphatic hydroxyl groups excluding tert-OH is 1. The van der Waals surface area contributed by atoms with Crippen molar-refractivity contribution in [1.29, 1.82) is 0 Å². The standard InChI is InChI=1S/C26H27F2N5O2/c1-3-14-7-8-26(2,22-13-29-12-21(31-22)25(35)30-15-9-16(34)10-15)24-17(14)11-20(32-33-24)23-18(27)5-4-6-19(23)28/h4-6,11-16,34H,3,7-10H2,1-2H3,(H,30,35)/t14-,15?,16?,26+/m0/s1. The van der Waals surface area contributed by atoms with Gasteiger partial charge in [0.15, 0.2) is 0 Å². The molecule has 35 heavy (non-hydrogen) atoms. The first-order chi connectivity index (χ1) is 16.8. The smallest absolute Gasteiger partial charge is 0.271 e. The normalized spacial score (nSPS) is 25.5. The minimum atomic E-state index is -0.686. The fourth-order valence-corrected chi connectivity index (χ4v) is 5.13. The van der Waals surface area contributed by atoms with Crippen LogP contribution in [-0.2, 0) is 5.41 Å². The number of amides is 1. The lowest BCUT2D eigenvalue weighted by Crippen LogP contribution is -2.47. The lowest BCUT2D eigenvalue weighted by atomic mass is 9.68. The molecule has 2 aromatic heterocycles. The first-order valence-corrected chi connectivity index (χ1v) is 11.9. The maximum absolute atomic E-state index is 14.4. The topological polar surface area (TPSA) is 101 Å². The molecule has 0 saturated heterocycles. The minimum absolute atomic E-state index is 0.0673. The molecule has 2 aliphatic rings. The van der Waals surface area contributed by atoms with Crippen molar-refractivity contribution in [1.82, 2.24) is 25.5 Å².